The molecule has 2 atom stereocenters. The summed E-state index contributed by atoms with van der Waals surface area (Å²) in [5.74, 6) is 1.22. The summed E-state index contributed by atoms with van der Waals surface area (Å²) in [6.45, 7) is 5.88. The maximum Gasteiger partial charge on any atom is 0.274 e. The lowest BCUT2D eigenvalue weighted by atomic mass is 10.00. The fourth-order valence-electron chi connectivity index (χ4n) is 3.11. The second-order valence-corrected chi connectivity index (χ2v) is 6.58. The van der Waals surface area contributed by atoms with Crippen LogP contribution in [0.15, 0.2) is 42.5 Å². The second-order valence-electron chi connectivity index (χ2n) is 6.58. The number of likely N-dealkylation sites (tertiary alicyclic amines) is 1. The van der Waals surface area contributed by atoms with Crippen LogP contribution in [0.4, 0.5) is 5.82 Å². The lowest BCUT2D eigenvalue weighted by Gasteiger charge is -2.30. The van der Waals surface area contributed by atoms with Crippen molar-refractivity contribution >= 4 is 11.7 Å². The van der Waals surface area contributed by atoms with Gasteiger partial charge in [-0.2, -0.15) is 0 Å². The Hall–Kier alpha value is -2.43. The van der Waals surface area contributed by atoms with E-state index in [4.69, 9.17) is 0 Å². The minimum absolute atomic E-state index is 0.0169. The van der Waals surface area contributed by atoms with Crippen LogP contribution in [-0.2, 0) is 0 Å². The Balaban J connectivity index is 1.64. The SMILES string of the molecule is CC1CCCN(C(=O)c2ccc(NC(C)c3ccccc3)nn2)C1. The van der Waals surface area contributed by atoms with E-state index >= 15 is 0 Å². The van der Waals surface area contributed by atoms with E-state index in [-0.39, 0.29) is 11.9 Å². The number of amides is 1. The zero-order chi connectivity index (χ0) is 16.9. The van der Waals surface area contributed by atoms with Crippen LogP contribution in [0.1, 0.15) is 48.8 Å². The molecule has 1 aromatic heterocycles. The molecule has 2 unspecified atom stereocenters. The van der Waals surface area contributed by atoms with E-state index < -0.39 is 0 Å². The summed E-state index contributed by atoms with van der Waals surface area (Å²) in [7, 11) is 0. The average Bonchev–Trinajstić information content (AvgIpc) is 2.62. The van der Waals surface area contributed by atoms with Gasteiger partial charge in [0.1, 0.15) is 5.82 Å². The van der Waals surface area contributed by atoms with E-state index in [2.05, 4.69) is 41.5 Å². The van der Waals surface area contributed by atoms with Gasteiger partial charge < -0.3 is 10.2 Å². The van der Waals surface area contributed by atoms with Gasteiger partial charge >= 0.3 is 0 Å². The van der Waals surface area contributed by atoms with E-state index in [1.165, 1.54) is 12.0 Å². The minimum Gasteiger partial charge on any atom is -0.362 e. The van der Waals surface area contributed by atoms with E-state index in [1.807, 2.05) is 29.2 Å². The average molecular weight is 324 g/mol. The fraction of sp³-hybridized carbons (Fsp3) is 0.421. The second kappa shape index (κ2) is 7.43. The summed E-state index contributed by atoms with van der Waals surface area (Å²) in [6.07, 6.45) is 2.25. The van der Waals surface area contributed by atoms with Crippen molar-refractivity contribution in [1.29, 1.82) is 0 Å². The van der Waals surface area contributed by atoms with Gasteiger partial charge in [0.2, 0.25) is 0 Å². The molecule has 2 heterocycles. The zero-order valence-electron chi connectivity index (χ0n) is 14.3. The molecule has 24 heavy (non-hydrogen) atoms. The molecule has 1 aliphatic heterocycles. The predicted molar refractivity (Wildman–Crippen MR) is 94.8 cm³/mol. The molecule has 0 bridgehead atoms. The van der Waals surface area contributed by atoms with Crippen molar-refractivity contribution in [3.63, 3.8) is 0 Å². The number of anilines is 1. The Morgan fingerprint density at radius 1 is 1.21 bits per heavy atom. The summed E-state index contributed by atoms with van der Waals surface area (Å²) < 4.78 is 0. The number of rotatable bonds is 4. The molecule has 1 saturated heterocycles. The number of hydrogen-bond donors (Lipinski definition) is 1. The van der Waals surface area contributed by atoms with Gasteiger partial charge in [0.25, 0.3) is 5.91 Å². The fourth-order valence-corrected chi connectivity index (χ4v) is 3.11. The van der Waals surface area contributed by atoms with E-state index in [9.17, 15) is 4.79 Å². The van der Waals surface area contributed by atoms with Crippen molar-refractivity contribution in [3.05, 3.63) is 53.7 Å². The first-order valence-corrected chi connectivity index (χ1v) is 8.58. The van der Waals surface area contributed by atoms with Crippen molar-refractivity contribution < 1.29 is 4.79 Å². The van der Waals surface area contributed by atoms with Gasteiger partial charge in [0, 0.05) is 19.1 Å². The molecule has 3 rings (SSSR count). The molecule has 1 aromatic carbocycles. The Labute approximate surface area is 143 Å². The molecule has 5 nitrogen and oxygen atoms in total. The summed E-state index contributed by atoms with van der Waals surface area (Å²) in [6, 6.07) is 13.9. The third-order valence-electron chi connectivity index (χ3n) is 4.49. The van der Waals surface area contributed by atoms with Gasteiger partial charge in [-0.15, -0.1) is 10.2 Å². The van der Waals surface area contributed by atoms with Crippen LogP contribution in [0.25, 0.3) is 0 Å². The molecule has 0 radical (unpaired) electrons. The Morgan fingerprint density at radius 2 is 2.00 bits per heavy atom. The Morgan fingerprint density at radius 3 is 2.67 bits per heavy atom. The molecule has 1 N–H and O–H groups in total. The number of carbonyl (C=O) groups excluding carboxylic acids is 1. The molecule has 0 aliphatic carbocycles. The molecule has 0 spiro atoms. The summed E-state index contributed by atoms with van der Waals surface area (Å²) >= 11 is 0. The van der Waals surface area contributed by atoms with Gasteiger partial charge in [0.15, 0.2) is 5.69 Å². The van der Waals surface area contributed by atoms with Gasteiger partial charge in [-0.05, 0) is 43.4 Å². The Kier molecular flexibility index (Phi) is 5.08. The van der Waals surface area contributed by atoms with E-state index in [0.29, 0.717) is 17.4 Å². The van der Waals surface area contributed by atoms with Crippen LogP contribution < -0.4 is 5.32 Å². The highest BCUT2D eigenvalue weighted by atomic mass is 16.2. The highest BCUT2D eigenvalue weighted by Gasteiger charge is 2.23. The number of aromatic nitrogens is 2. The minimum atomic E-state index is -0.0169. The molecular formula is C19H24N4O. The molecule has 1 fully saturated rings. The van der Waals surface area contributed by atoms with Crippen LogP contribution in [0.3, 0.4) is 0 Å². The summed E-state index contributed by atoms with van der Waals surface area (Å²) in [5.41, 5.74) is 1.60. The van der Waals surface area contributed by atoms with Crippen molar-refractivity contribution in [1.82, 2.24) is 15.1 Å². The van der Waals surface area contributed by atoms with Gasteiger partial charge in [0.05, 0.1) is 0 Å². The maximum atomic E-state index is 12.5. The van der Waals surface area contributed by atoms with Crippen LogP contribution in [0.2, 0.25) is 0 Å². The molecule has 5 heteroatoms. The van der Waals surface area contributed by atoms with Crippen LogP contribution in [0, 0.1) is 5.92 Å². The zero-order valence-corrected chi connectivity index (χ0v) is 14.3. The maximum absolute atomic E-state index is 12.5. The normalized spacial score (nSPS) is 18.9. The lowest BCUT2D eigenvalue weighted by Crippen LogP contribution is -2.39. The molecule has 1 amide bonds. The molecular weight excluding hydrogens is 300 g/mol. The third-order valence-corrected chi connectivity index (χ3v) is 4.49. The molecule has 0 saturated carbocycles. The van der Waals surface area contributed by atoms with Gasteiger partial charge in [-0.3, -0.25) is 4.79 Å². The highest BCUT2D eigenvalue weighted by Crippen LogP contribution is 2.19. The highest BCUT2D eigenvalue weighted by molar-refractivity contribution is 5.92. The first kappa shape index (κ1) is 16.4. The smallest absolute Gasteiger partial charge is 0.274 e. The van der Waals surface area contributed by atoms with E-state index in [1.54, 1.807) is 6.07 Å². The number of nitrogens with zero attached hydrogens (tertiary/aromatic N) is 3. The van der Waals surface area contributed by atoms with Crippen molar-refractivity contribution in [2.75, 3.05) is 18.4 Å². The monoisotopic (exact) mass is 324 g/mol. The first-order valence-electron chi connectivity index (χ1n) is 8.58. The Bertz CT molecular complexity index is 672. The van der Waals surface area contributed by atoms with Crippen molar-refractivity contribution in [2.24, 2.45) is 5.92 Å². The predicted octanol–water partition coefficient (Wildman–Crippen LogP) is 3.52. The number of hydrogen-bond acceptors (Lipinski definition) is 4. The third kappa shape index (κ3) is 3.91. The van der Waals surface area contributed by atoms with Crippen LogP contribution >= 0.6 is 0 Å². The topological polar surface area (TPSA) is 58.1 Å². The van der Waals surface area contributed by atoms with E-state index in [0.717, 1.165) is 19.5 Å². The largest absolute Gasteiger partial charge is 0.362 e. The molecule has 126 valence electrons. The van der Waals surface area contributed by atoms with Crippen molar-refractivity contribution in [2.45, 2.75) is 32.7 Å². The summed E-state index contributed by atoms with van der Waals surface area (Å²) in [4.78, 5) is 14.4. The number of piperidine rings is 1. The molecule has 2 aromatic rings. The standard InChI is InChI=1S/C19H24N4O/c1-14-7-6-12-23(13-14)19(24)17-10-11-18(22-21-17)20-15(2)16-8-4-3-5-9-16/h3-5,8-11,14-15H,6-7,12-13H2,1-2H3,(H,20,22). The van der Waals surface area contributed by atoms with Crippen molar-refractivity contribution in [3.8, 4) is 0 Å². The molecule has 1 aliphatic rings. The number of carbonyl (C=O) groups is 1. The quantitative estimate of drug-likeness (QED) is 0.935. The van der Waals surface area contributed by atoms with Gasteiger partial charge in [-0.25, -0.2) is 0 Å². The van der Waals surface area contributed by atoms with Crippen LogP contribution in [0.5, 0.6) is 0 Å². The lowest BCUT2D eigenvalue weighted by molar-refractivity contribution is 0.0676. The first-order chi connectivity index (χ1) is 11.6. The number of benzene rings is 1. The van der Waals surface area contributed by atoms with Gasteiger partial charge in [-0.1, -0.05) is 37.3 Å². The summed E-state index contributed by atoms with van der Waals surface area (Å²) in [5, 5.41) is 11.6. The van der Waals surface area contributed by atoms with Crippen LogP contribution in [-0.4, -0.2) is 34.1 Å². The number of nitrogens with one attached hydrogen (secondary N) is 1.